The summed E-state index contributed by atoms with van der Waals surface area (Å²) in [5.41, 5.74) is 2.68. The number of benzene rings is 1. The van der Waals surface area contributed by atoms with Crippen molar-refractivity contribution >= 4 is 22.9 Å². The van der Waals surface area contributed by atoms with E-state index in [-0.39, 0.29) is 0 Å². The van der Waals surface area contributed by atoms with E-state index in [0.29, 0.717) is 6.04 Å². The predicted octanol–water partition coefficient (Wildman–Crippen LogP) is 4.12. The Labute approximate surface area is 111 Å². The zero-order chi connectivity index (χ0) is 12.1. The maximum Gasteiger partial charge on any atom is 0.0406 e. The summed E-state index contributed by atoms with van der Waals surface area (Å²) in [5.74, 6) is 0. The third kappa shape index (κ3) is 4.15. The molecule has 0 spiro atoms. The van der Waals surface area contributed by atoms with Crippen molar-refractivity contribution in [3.05, 3.63) is 57.2 Å². The first-order valence-corrected chi connectivity index (χ1v) is 7.05. The molecule has 2 rings (SSSR count). The van der Waals surface area contributed by atoms with Gasteiger partial charge >= 0.3 is 0 Å². The lowest BCUT2D eigenvalue weighted by Crippen LogP contribution is -2.27. The quantitative estimate of drug-likeness (QED) is 0.857. The SMILES string of the molecule is CC(Cc1ccsc1)NCc1ccc(Cl)cc1. The fraction of sp³-hybridized carbons (Fsp3) is 0.286. The lowest BCUT2D eigenvalue weighted by Gasteiger charge is -2.13. The van der Waals surface area contributed by atoms with E-state index in [0.717, 1.165) is 18.0 Å². The molecule has 1 N–H and O–H groups in total. The minimum Gasteiger partial charge on any atom is -0.310 e. The zero-order valence-corrected chi connectivity index (χ0v) is 11.4. The Bertz CT molecular complexity index is 436. The normalized spacial score (nSPS) is 12.6. The number of thiophene rings is 1. The van der Waals surface area contributed by atoms with Crippen LogP contribution < -0.4 is 5.32 Å². The third-order valence-corrected chi connectivity index (χ3v) is 3.67. The van der Waals surface area contributed by atoms with E-state index < -0.39 is 0 Å². The minimum atomic E-state index is 0.486. The van der Waals surface area contributed by atoms with E-state index >= 15 is 0 Å². The molecule has 1 nitrogen and oxygen atoms in total. The minimum absolute atomic E-state index is 0.486. The molecular weight excluding hydrogens is 250 g/mol. The molecule has 1 heterocycles. The van der Waals surface area contributed by atoms with Crippen molar-refractivity contribution in [3.63, 3.8) is 0 Å². The van der Waals surface area contributed by atoms with Crippen LogP contribution in [-0.4, -0.2) is 6.04 Å². The summed E-state index contributed by atoms with van der Waals surface area (Å²) in [7, 11) is 0. The molecule has 1 aromatic heterocycles. The molecule has 90 valence electrons. The molecule has 1 unspecified atom stereocenters. The molecule has 0 saturated heterocycles. The molecule has 1 atom stereocenters. The Balaban J connectivity index is 1.79. The van der Waals surface area contributed by atoms with Gasteiger partial charge in [-0.1, -0.05) is 23.7 Å². The van der Waals surface area contributed by atoms with Crippen LogP contribution in [0.15, 0.2) is 41.1 Å². The summed E-state index contributed by atoms with van der Waals surface area (Å²) < 4.78 is 0. The van der Waals surface area contributed by atoms with E-state index in [1.807, 2.05) is 12.1 Å². The van der Waals surface area contributed by atoms with Crippen LogP contribution in [0.25, 0.3) is 0 Å². The summed E-state index contributed by atoms with van der Waals surface area (Å²) in [6.07, 6.45) is 1.08. The van der Waals surface area contributed by atoms with E-state index in [1.165, 1.54) is 11.1 Å². The molecule has 0 fully saturated rings. The van der Waals surface area contributed by atoms with Crippen molar-refractivity contribution in [1.82, 2.24) is 5.32 Å². The lowest BCUT2D eigenvalue weighted by atomic mass is 10.1. The molecule has 3 heteroatoms. The van der Waals surface area contributed by atoms with Gasteiger partial charge in [0.15, 0.2) is 0 Å². The second kappa shape index (κ2) is 6.20. The van der Waals surface area contributed by atoms with Crippen molar-refractivity contribution in [2.45, 2.75) is 25.9 Å². The topological polar surface area (TPSA) is 12.0 Å². The van der Waals surface area contributed by atoms with Gasteiger partial charge in [-0.05, 0) is 53.4 Å². The van der Waals surface area contributed by atoms with Crippen LogP contribution >= 0.6 is 22.9 Å². The first-order valence-electron chi connectivity index (χ1n) is 5.73. The summed E-state index contributed by atoms with van der Waals surface area (Å²) in [6.45, 7) is 3.11. The monoisotopic (exact) mass is 265 g/mol. The highest BCUT2D eigenvalue weighted by atomic mass is 35.5. The maximum atomic E-state index is 5.85. The maximum absolute atomic E-state index is 5.85. The number of halogens is 1. The molecule has 0 radical (unpaired) electrons. The molecule has 0 bridgehead atoms. The molecule has 0 amide bonds. The van der Waals surface area contributed by atoms with Gasteiger partial charge in [0.05, 0.1) is 0 Å². The van der Waals surface area contributed by atoms with E-state index in [2.05, 4.69) is 41.2 Å². The van der Waals surface area contributed by atoms with Crippen LogP contribution in [0.2, 0.25) is 5.02 Å². The number of rotatable bonds is 5. The van der Waals surface area contributed by atoms with Gasteiger partial charge in [-0.2, -0.15) is 11.3 Å². The van der Waals surface area contributed by atoms with Gasteiger partial charge < -0.3 is 5.32 Å². The number of hydrogen-bond donors (Lipinski definition) is 1. The number of hydrogen-bond acceptors (Lipinski definition) is 2. The molecule has 0 aliphatic carbocycles. The van der Waals surface area contributed by atoms with Crippen molar-refractivity contribution in [2.24, 2.45) is 0 Å². The van der Waals surface area contributed by atoms with Gasteiger partial charge in [0.1, 0.15) is 0 Å². The van der Waals surface area contributed by atoms with Gasteiger partial charge in [-0.3, -0.25) is 0 Å². The van der Waals surface area contributed by atoms with E-state index in [4.69, 9.17) is 11.6 Å². The summed E-state index contributed by atoms with van der Waals surface area (Å²) in [5, 5.41) is 8.64. The second-order valence-corrected chi connectivity index (χ2v) is 5.46. The Morgan fingerprint density at radius 1 is 1.18 bits per heavy atom. The smallest absolute Gasteiger partial charge is 0.0406 e. The van der Waals surface area contributed by atoms with Crippen LogP contribution in [0, 0.1) is 0 Å². The van der Waals surface area contributed by atoms with Gasteiger partial charge in [0, 0.05) is 17.6 Å². The summed E-state index contributed by atoms with van der Waals surface area (Å²) in [4.78, 5) is 0. The molecule has 0 aliphatic rings. The molecular formula is C14H16ClNS. The first kappa shape index (κ1) is 12.6. The molecule has 0 saturated carbocycles. The molecule has 2 aromatic rings. The Hall–Kier alpha value is -0.830. The van der Waals surface area contributed by atoms with Crippen LogP contribution in [0.1, 0.15) is 18.1 Å². The van der Waals surface area contributed by atoms with Gasteiger partial charge in [0.2, 0.25) is 0 Å². The van der Waals surface area contributed by atoms with Crippen molar-refractivity contribution < 1.29 is 0 Å². The standard InChI is InChI=1S/C14H16ClNS/c1-11(8-13-6-7-17-10-13)16-9-12-2-4-14(15)5-3-12/h2-7,10-11,16H,8-9H2,1H3. The van der Waals surface area contributed by atoms with Crippen LogP contribution in [0.5, 0.6) is 0 Å². The fourth-order valence-corrected chi connectivity index (χ4v) is 2.54. The Morgan fingerprint density at radius 3 is 2.59 bits per heavy atom. The van der Waals surface area contributed by atoms with E-state index in [9.17, 15) is 0 Å². The molecule has 1 aromatic carbocycles. The van der Waals surface area contributed by atoms with Crippen LogP contribution in [0.4, 0.5) is 0 Å². The largest absolute Gasteiger partial charge is 0.310 e. The second-order valence-electron chi connectivity index (χ2n) is 4.24. The molecule has 0 aliphatic heterocycles. The zero-order valence-electron chi connectivity index (χ0n) is 9.82. The van der Waals surface area contributed by atoms with Gasteiger partial charge in [-0.25, -0.2) is 0 Å². The van der Waals surface area contributed by atoms with Crippen molar-refractivity contribution in [1.29, 1.82) is 0 Å². The Kier molecular flexibility index (Phi) is 4.60. The first-order chi connectivity index (χ1) is 8.24. The number of nitrogens with one attached hydrogen (secondary N) is 1. The van der Waals surface area contributed by atoms with Crippen molar-refractivity contribution in [3.8, 4) is 0 Å². The molecule has 17 heavy (non-hydrogen) atoms. The van der Waals surface area contributed by atoms with Crippen LogP contribution in [-0.2, 0) is 13.0 Å². The summed E-state index contributed by atoms with van der Waals surface area (Å²) in [6, 6.07) is 10.7. The highest BCUT2D eigenvalue weighted by Crippen LogP contribution is 2.11. The van der Waals surface area contributed by atoms with Gasteiger partial charge in [-0.15, -0.1) is 0 Å². The average Bonchev–Trinajstić information content (AvgIpc) is 2.81. The summed E-state index contributed by atoms with van der Waals surface area (Å²) >= 11 is 7.61. The highest BCUT2D eigenvalue weighted by molar-refractivity contribution is 7.07. The Morgan fingerprint density at radius 2 is 1.94 bits per heavy atom. The van der Waals surface area contributed by atoms with Crippen molar-refractivity contribution in [2.75, 3.05) is 0 Å². The van der Waals surface area contributed by atoms with Crippen LogP contribution in [0.3, 0.4) is 0 Å². The third-order valence-electron chi connectivity index (χ3n) is 2.69. The van der Waals surface area contributed by atoms with E-state index in [1.54, 1.807) is 11.3 Å². The predicted molar refractivity (Wildman–Crippen MR) is 75.8 cm³/mol. The van der Waals surface area contributed by atoms with Gasteiger partial charge in [0.25, 0.3) is 0 Å². The average molecular weight is 266 g/mol. The lowest BCUT2D eigenvalue weighted by molar-refractivity contribution is 0.546. The fourth-order valence-electron chi connectivity index (χ4n) is 1.73. The highest BCUT2D eigenvalue weighted by Gasteiger charge is 2.03.